The normalized spacial score (nSPS) is 16.2. The summed E-state index contributed by atoms with van der Waals surface area (Å²) in [5.41, 5.74) is 0.0484. The molecule has 0 aromatic rings. The van der Waals surface area contributed by atoms with Crippen LogP contribution in [0.1, 0.15) is 55.4 Å². The Morgan fingerprint density at radius 1 is 1.00 bits per heavy atom. The molecule has 0 fully saturated rings. The van der Waals surface area contributed by atoms with E-state index in [0.29, 0.717) is 0 Å². The molecule has 3 heteroatoms. The lowest BCUT2D eigenvalue weighted by molar-refractivity contribution is 0.275. The highest BCUT2D eigenvalue weighted by atomic mass is 31.2. The van der Waals surface area contributed by atoms with E-state index in [1.54, 1.807) is 0 Å². The lowest BCUT2D eigenvalue weighted by Gasteiger charge is -2.41. The Morgan fingerprint density at radius 3 is 1.56 bits per heavy atom. The quantitative estimate of drug-likeness (QED) is 0.756. The second-order valence-electron chi connectivity index (χ2n) is 6.75. The fraction of sp³-hybridized carbons (Fsp3) is 1.00. The third-order valence-electron chi connectivity index (χ3n) is 2.93. The average molecular weight is 247 g/mol. The van der Waals surface area contributed by atoms with Gasteiger partial charge in [-0.15, -0.1) is 0 Å². The largest absolute Gasteiger partial charge is 0.322 e. The van der Waals surface area contributed by atoms with E-state index in [1.807, 2.05) is 13.8 Å². The van der Waals surface area contributed by atoms with Crippen molar-refractivity contribution in [2.24, 2.45) is 5.41 Å². The average Bonchev–Trinajstić information content (AvgIpc) is 2.10. The molecule has 1 unspecified atom stereocenters. The zero-order valence-corrected chi connectivity index (χ0v) is 13.2. The zero-order chi connectivity index (χ0) is 13.2. The molecule has 0 aromatic heterocycles. The van der Waals surface area contributed by atoms with Gasteiger partial charge in [-0.25, -0.2) is 0 Å². The topological polar surface area (TPSA) is 29.1 Å². The molecule has 1 atom stereocenters. The predicted molar refractivity (Wildman–Crippen MR) is 74.8 cm³/mol. The molecule has 0 aliphatic carbocycles. The molecular weight excluding hydrogens is 217 g/mol. The van der Waals surface area contributed by atoms with E-state index in [1.165, 1.54) is 0 Å². The Kier molecular flexibility index (Phi) is 5.29. The first kappa shape index (κ1) is 16.2. The van der Waals surface area contributed by atoms with Crippen LogP contribution in [-0.4, -0.2) is 23.6 Å². The van der Waals surface area contributed by atoms with Crippen LogP contribution in [-0.2, 0) is 4.57 Å². The van der Waals surface area contributed by atoms with Crippen LogP contribution in [0, 0.1) is 5.41 Å². The monoisotopic (exact) mass is 247 g/mol. The Morgan fingerprint density at radius 2 is 1.38 bits per heavy atom. The van der Waals surface area contributed by atoms with Crippen molar-refractivity contribution in [1.29, 1.82) is 0 Å². The summed E-state index contributed by atoms with van der Waals surface area (Å²) < 4.78 is 12.9. The first-order valence-corrected chi connectivity index (χ1v) is 8.46. The van der Waals surface area contributed by atoms with Gasteiger partial charge in [0, 0.05) is 5.54 Å². The van der Waals surface area contributed by atoms with E-state index in [2.05, 4.69) is 46.9 Å². The van der Waals surface area contributed by atoms with Crippen LogP contribution >= 0.6 is 7.14 Å². The van der Waals surface area contributed by atoms with Crippen LogP contribution in [0.4, 0.5) is 0 Å². The van der Waals surface area contributed by atoms with Gasteiger partial charge in [0.15, 0.2) is 0 Å². The highest BCUT2D eigenvalue weighted by Crippen LogP contribution is 2.55. The number of hydrogen-bond acceptors (Lipinski definition) is 2. The van der Waals surface area contributed by atoms with E-state index in [0.717, 1.165) is 12.3 Å². The second kappa shape index (κ2) is 5.23. The highest BCUT2D eigenvalue weighted by Gasteiger charge is 2.40. The molecule has 0 heterocycles. The van der Waals surface area contributed by atoms with E-state index in [-0.39, 0.29) is 16.7 Å². The number of nitrogens with one attached hydrogen (secondary N) is 1. The van der Waals surface area contributed by atoms with Gasteiger partial charge in [0.25, 0.3) is 0 Å². The molecule has 0 radical (unpaired) electrons. The van der Waals surface area contributed by atoms with E-state index >= 15 is 0 Å². The summed E-state index contributed by atoms with van der Waals surface area (Å²) >= 11 is 0. The molecule has 0 aromatic carbocycles. The highest BCUT2D eigenvalue weighted by molar-refractivity contribution is 7.64. The third kappa shape index (κ3) is 4.59. The molecule has 0 bridgehead atoms. The summed E-state index contributed by atoms with van der Waals surface area (Å²) in [5, 5.41) is 3.58. The minimum absolute atomic E-state index is 0.0119. The van der Waals surface area contributed by atoms with Crippen molar-refractivity contribution in [3.05, 3.63) is 0 Å². The van der Waals surface area contributed by atoms with E-state index < -0.39 is 7.14 Å². The van der Waals surface area contributed by atoms with Crippen molar-refractivity contribution < 1.29 is 4.57 Å². The van der Waals surface area contributed by atoms with Crippen LogP contribution in [0.3, 0.4) is 0 Å². The van der Waals surface area contributed by atoms with E-state index in [9.17, 15) is 4.57 Å². The smallest absolute Gasteiger partial charge is 0.104 e. The van der Waals surface area contributed by atoms with Crippen LogP contribution in [0.2, 0.25) is 0 Å². The van der Waals surface area contributed by atoms with Crippen LogP contribution < -0.4 is 5.32 Å². The van der Waals surface area contributed by atoms with E-state index in [4.69, 9.17) is 0 Å². The van der Waals surface area contributed by atoms with Crippen LogP contribution in [0.5, 0.6) is 0 Å². The van der Waals surface area contributed by atoms with Gasteiger partial charge < -0.3 is 9.88 Å². The lowest BCUT2D eigenvalue weighted by Crippen LogP contribution is -2.50. The van der Waals surface area contributed by atoms with Gasteiger partial charge >= 0.3 is 0 Å². The van der Waals surface area contributed by atoms with Gasteiger partial charge in [-0.1, -0.05) is 34.6 Å². The lowest BCUT2D eigenvalue weighted by atomic mass is 9.94. The second-order valence-corrected chi connectivity index (χ2v) is 10.4. The van der Waals surface area contributed by atoms with Crippen molar-refractivity contribution in [1.82, 2.24) is 5.32 Å². The SMILES string of the molecule is CCP(=O)(CC)C(NC(C)(C)C)C(C)(C)C. The summed E-state index contributed by atoms with van der Waals surface area (Å²) in [5.74, 6) is 0.106. The summed E-state index contributed by atoms with van der Waals surface area (Å²) in [6, 6.07) is 0. The van der Waals surface area contributed by atoms with Gasteiger partial charge in [0.1, 0.15) is 7.14 Å². The number of hydrogen-bond donors (Lipinski definition) is 1. The standard InChI is InChI=1S/C13H30NOP/c1-9-16(15,10-2)11(12(3,4)5)14-13(6,7)8/h11,14H,9-10H2,1-8H3. The maximum absolute atomic E-state index is 12.9. The van der Waals surface area contributed by atoms with Gasteiger partial charge in [0.2, 0.25) is 0 Å². The molecule has 0 saturated carbocycles. The minimum Gasteiger partial charge on any atom is -0.322 e. The Bertz CT molecular complexity index is 252. The van der Waals surface area contributed by atoms with Gasteiger partial charge in [-0.2, -0.15) is 0 Å². The molecule has 98 valence electrons. The van der Waals surface area contributed by atoms with Crippen LogP contribution in [0.15, 0.2) is 0 Å². The number of rotatable bonds is 4. The Labute approximate surface area is 102 Å². The fourth-order valence-corrected chi connectivity index (χ4v) is 5.25. The fourth-order valence-electron chi connectivity index (χ4n) is 2.04. The molecule has 0 spiro atoms. The Hall–Kier alpha value is 0.190. The van der Waals surface area contributed by atoms with Gasteiger partial charge in [0.05, 0.1) is 5.78 Å². The molecule has 16 heavy (non-hydrogen) atoms. The molecule has 2 nitrogen and oxygen atoms in total. The molecule has 0 rings (SSSR count). The molecule has 0 aliphatic rings. The molecular formula is C13H30NOP. The zero-order valence-electron chi connectivity index (χ0n) is 12.3. The Balaban J connectivity index is 5.19. The molecule has 0 aliphatic heterocycles. The van der Waals surface area contributed by atoms with Crippen molar-refractivity contribution >= 4 is 7.14 Å². The summed E-state index contributed by atoms with van der Waals surface area (Å²) in [6.45, 7) is 17.0. The van der Waals surface area contributed by atoms with Gasteiger partial charge in [-0.05, 0) is 38.5 Å². The summed E-state index contributed by atoms with van der Waals surface area (Å²) in [4.78, 5) is 0. The molecule has 1 N–H and O–H groups in total. The first-order chi connectivity index (χ1) is 6.96. The van der Waals surface area contributed by atoms with Crippen molar-refractivity contribution in [3.8, 4) is 0 Å². The maximum atomic E-state index is 12.9. The first-order valence-electron chi connectivity index (χ1n) is 6.31. The molecule has 0 saturated heterocycles. The summed E-state index contributed by atoms with van der Waals surface area (Å²) in [7, 11) is -2.12. The summed E-state index contributed by atoms with van der Waals surface area (Å²) in [6.07, 6.45) is 1.57. The van der Waals surface area contributed by atoms with Crippen molar-refractivity contribution in [2.75, 3.05) is 12.3 Å². The maximum Gasteiger partial charge on any atom is 0.104 e. The predicted octanol–water partition coefficient (Wildman–Crippen LogP) is 4.15. The third-order valence-corrected chi connectivity index (χ3v) is 6.92. The molecule has 0 amide bonds. The van der Waals surface area contributed by atoms with Gasteiger partial charge in [-0.3, -0.25) is 0 Å². The van der Waals surface area contributed by atoms with Crippen molar-refractivity contribution in [3.63, 3.8) is 0 Å². The minimum atomic E-state index is -2.12. The van der Waals surface area contributed by atoms with Crippen LogP contribution in [0.25, 0.3) is 0 Å². The van der Waals surface area contributed by atoms with Crippen molar-refractivity contribution in [2.45, 2.75) is 66.7 Å².